The number of halogens is 3. The zero-order valence-corrected chi connectivity index (χ0v) is 15.6. The van der Waals surface area contributed by atoms with E-state index in [4.69, 9.17) is 0 Å². The summed E-state index contributed by atoms with van der Waals surface area (Å²) in [5, 5.41) is 17.6. The maximum absolute atomic E-state index is 12.4. The summed E-state index contributed by atoms with van der Waals surface area (Å²) in [7, 11) is 0. The zero-order chi connectivity index (χ0) is 21.3. The second-order valence-corrected chi connectivity index (χ2v) is 6.68. The fourth-order valence-electron chi connectivity index (χ4n) is 3.18. The van der Waals surface area contributed by atoms with E-state index in [2.05, 4.69) is 20.1 Å². The Hall–Kier alpha value is -3.40. The van der Waals surface area contributed by atoms with Gasteiger partial charge in [0.1, 0.15) is 5.75 Å². The number of benzene rings is 1. The molecule has 0 fully saturated rings. The lowest BCUT2D eigenvalue weighted by atomic mass is 9.98. The minimum Gasteiger partial charge on any atom is -0.406 e. The van der Waals surface area contributed by atoms with Gasteiger partial charge in [0.25, 0.3) is 0 Å². The first-order chi connectivity index (χ1) is 14.4. The van der Waals surface area contributed by atoms with Crippen LogP contribution in [0.1, 0.15) is 24.1 Å². The van der Waals surface area contributed by atoms with Crippen LogP contribution in [0.5, 0.6) is 5.75 Å². The summed E-state index contributed by atoms with van der Waals surface area (Å²) in [4.78, 5) is 16.4. The van der Waals surface area contributed by atoms with Gasteiger partial charge in [-0.1, -0.05) is 6.08 Å². The molecule has 0 saturated heterocycles. The average Bonchev–Trinajstić information content (AvgIpc) is 3.03. The number of carbonyl (C=O) groups excluding carboxylic acids is 1. The maximum Gasteiger partial charge on any atom is 0.573 e. The van der Waals surface area contributed by atoms with E-state index in [0.29, 0.717) is 28.0 Å². The number of pyridine rings is 1. The standard InChI is InChI=1S/C20H17F3N4O3/c21-20(22,23)30-15-6-4-14(5-7-15)27-18-17(13(11-28)8-9-24-18)16(26-27)10-25-19(29)12-2-1-3-12/h2,4-9,28H,1,3,10-11H2,(H,25,29). The summed E-state index contributed by atoms with van der Waals surface area (Å²) in [6, 6.07) is 6.84. The Kier molecular flexibility index (Phi) is 5.17. The van der Waals surface area contributed by atoms with Crippen molar-refractivity contribution < 1.29 is 27.8 Å². The molecule has 3 aromatic rings. The van der Waals surface area contributed by atoms with Crippen molar-refractivity contribution in [2.45, 2.75) is 32.4 Å². The molecule has 0 atom stereocenters. The lowest BCUT2D eigenvalue weighted by molar-refractivity contribution is -0.274. The minimum absolute atomic E-state index is 0.119. The van der Waals surface area contributed by atoms with Crippen LogP contribution in [0.4, 0.5) is 13.2 Å². The van der Waals surface area contributed by atoms with Crippen LogP contribution in [0.3, 0.4) is 0 Å². The van der Waals surface area contributed by atoms with Gasteiger partial charge in [-0.2, -0.15) is 5.10 Å². The lowest BCUT2D eigenvalue weighted by Gasteiger charge is -2.13. The first-order valence-corrected chi connectivity index (χ1v) is 9.15. The van der Waals surface area contributed by atoms with Crippen molar-refractivity contribution in [2.75, 3.05) is 0 Å². The van der Waals surface area contributed by atoms with Gasteiger partial charge in [-0.15, -0.1) is 13.2 Å². The molecule has 2 heterocycles. The summed E-state index contributed by atoms with van der Waals surface area (Å²) >= 11 is 0. The van der Waals surface area contributed by atoms with Crippen molar-refractivity contribution in [2.24, 2.45) is 0 Å². The first kappa shape index (κ1) is 19.9. The van der Waals surface area contributed by atoms with E-state index in [9.17, 15) is 23.1 Å². The second-order valence-electron chi connectivity index (χ2n) is 6.68. The molecule has 30 heavy (non-hydrogen) atoms. The van der Waals surface area contributed by atoms with E-state index in [1.165, 1.54) is 35.1 Å². The summed E-state index contributed by atoms with van der Waals surface area (Å²) in [6.45, 7) is -0.136. The number of carbonyl (C=O) groups is 1. The molecule has 1 aliphatic rings. The molecule has 156 valence electrons. The third-order valence-corrected chi connectivity index (χ3v) is 4.72. The molecule has 7 nitrogen and oxygen atoms in total. The number of nitrogens with zero attached hydrogens (tertiary/aromatic N) is 3. The molecule has 0 unspecified atom stereocenters. The number of alkyl halides is 3. The fraction of sp³-hybridized carbons (Fsp3) is 0.250. The van der Waals surface area contributed by atoms with Gasteiger partial charge in [-0.05, 0) is 48.7 Å². The number of aliphatic hydroxyl groups is 1. The van der Waals surface area contributed by atoms with Crippen molar-refractivity contribution >= 4 is 16.9 Å². The number of hydrogen-bond donors (Lipinski definition) is 2. The molecule has 1 aromatic carbocycles. The molecule has 10 heteroatoms. The number of amides is 1. The van der Waals surface area contributed by atoms with E-state index in [1.54, 1.807) is 6.07 Å². The Morgan fingerprint density at radius 1 is 1.23 bits per heavy atom. The van der Waals surface area contributed by atoms with Gasteiger partial charge in [-0.3, -0.25) is 4.79 Å². The molecule has 0 saturated carbocycles. The van der Waals surface area contributed by atoms with Crippen molar-refractivity contribution in [3.8, 4) is 11.4 Å². The molecule has 0 radical (unpaired) electrons. The average molecular weight is 418 g/mol. The predicted octanol–water partition coefficient (Wildman–Crippen LogP) is 3.15. The number of fused-ring (bicyclic) bond motifs is 1. The Labute approximate surface area is 168 Å². The quantitative estimate of drug-likeness (QED) is 0.642. The molecular formula is C20H17F3N4O3. The molecule has 2 aromatic heterocycles. The van der Waals surface area contributed by atoms with E-state index >= 15 is 0 Å². The summed E-state index contributed by atoms with van der Waals surface area (Å²) in [5.41, 5.74) is 2.66. The molecule has 0 bridgehead atoms. The van der Waals surface area contributed by atoms with E-state index in [1.807, 2.05) is 6.08 Å². The Bertz CT molecular complexity index is 1120. The van der Waals surface area contributed by atoms with Crippen molar-refractivity contribution in [3.63, 3.8) is 0 Å². The van der Waals surface area contributed by atoms with Crippen LogP contribution in [0, 0.1) is 0 Å². The van der Waals surface area contributed by atoms with Gasteiger partial charge in [0.05, 0.1) is 24.5 Å². The van der Waals surface area contributed by atoms with Crippen molar-refractivity contribution in [1.82, 2.24) is 20.1 Å². The third-order valence-electron chi connectivity index (χ3n) is 4.72. The fourth-order valence-corrected chi connectivity index (χ4v) is 3.18. The van der Waals surface area contributed by atoms with E-state index < -0.39 is 6.36 Å². The van der Waals surface area contributed by atoms with Crippen LogP contribution >= 0.6 is 0 Å². The van der Waals surface area contributed by atoms with Crippen LogP contribution in [0.25, 0.3) is 16.7 Å². The molecule has 2 N–H and O–H groups in total. The monoisotopic (exact) mass is 418 g/mol. The number of hydrogen-bond acceptors (Lipinski definition) is 5. The highest BCUT2D eigenvalue weighted by atomic mass is 19.4. The smallest absolute Gasteiger partial charge is 0.406 e. The van der Waals surface area contributed by atoms with Gasteiger partial charge in [-0.25, -0.2) is 9.67 Å². The van der Waals surface area contributed by atoms with Gasteiger partial charge >= 0.3 is 6.36 Å². The van der Waals surface area contributed by atoms with Gasteiger partial charge in [0, 0.05) is 17.2 Å². The van der Waals surface area contributed by atoms with Gasteiger partial charge in [0.15, 0.2) is 5.65 Å². The number of nitrogens with one attached hydrogen (secondary N) is 1. The number of aliphatic hydroxyl groups excluding tert-OH is 1. The summed E-state index contributed by atoms with van der Waals surface area (Å²) < 4.78 is 42.5. The molecule has 4 rings (SSSR count). The normalized spacial score (nSPS) is 13.7. The maximum atomic E-state index is 12.4. The zero-order valence-electron chi connectivity index (χ0n) is 15.6. The summed E-state index contributed by atoms with van der Waals surface area (Å²) in [6.07, 6.45) is 0.203. The van der Waals surface area contributed by atoms with E-state index in [0.717, 1.165) is 18.4 Å². The lowest BCUT2D eigenvalue weighted by Crippen LogP contribution is -2.26. The van der Waals surface area contributed by atoms with Gasteiger partial charge in [0.2, 0.25) is 5.91 Å². The van der Waals surface area contributed by atoms with Crippen molar-refractivity contribution in [1.29, 1.82) is 0 Å². The number of aromatic nitrogens is 3. The SMILES string of the molecule is O=C(NCc1nn(-c2ccc(OC(F)(F)F)cc2)c2nccc(CO)c12)C1=CCC1. The predicted molar refractivity (Wildman–Crippen MR) is 101 cm³/mol. The molecule has 1 aliphatic carbocycles. The highest BCUT2D eigenvalue weighted by Crippen LogP contribution is 2.27. The Morgan fingerprint density at radius 3 is 2.57 bits per heavy atom. The highest BCUT2D eigenvalue weighted by molar-refractivity contribution is 5.95. The first-order valence-electron chi connectivity index (χ1n) is 9.15. The largest absolute Gasteiger partial charge is 0.573 e. The van der Waals surface area contributed by atoms with Crippen LogP contribution in [-0.2, 0) is 17.9 Å². The van der Waals surface area contributed by atoms with Crippen LogP contribution in [-0.4, -0.2) is 32.1 Å². The van der Waals surface area contributed by atoms with Crippen LogP contribution in [0.2, 0.25) is 0 Å². The van der Waals surface area contributed by atoms with Gasteiger partial charge < -0.3 is 15.2 Å². The minimum atomic E-state index is -4.78. The highest BCUT2D eigenvalue weighted by Gasteiger charge is 2.31. The number of allylic oxidation sites excluding steroid dienone is 1. The van der Waals surface area contributed by atoms with Crippen molar-refractivity contribution in [3.05, 3.63) is 59.4 Å². The molecule has 1 amide bonds. The number of ether oxygens (including phenoxy) is 1. The molecule has 0 spiro atoms. The number of rotatable bonds is 6. The Morgan fingerprint density at radius 2 is 1.97 bits per heavy atom. The third kappa shape index (κ3) is 3.99. The molecule has 0 aliphatic heterocycles. The van der Waals surface area contributed by atoms with E-state index in [-0.39, 0.29) is 24.8 Å². The molecular weight excluding hydrogens is 401 g/mol. The Balaban J connectivity index is 1.68. The second kappa shape index (κ2) is 7.79. The van der Waals surface area contributed by atoms with Crippen LogP contribution in [0.15, 0.2) is 48.2 Å². The van der Waals surface area contributed by atoms with Crippen LogP contribution < -0.4 is 10.1 Å². The topological polar surface area (TPSA) is 89.3 Å². The summed E-state index contributed by atoms with van der Waals surface area (Å²) in [5.74, 6) is -0.528.